The normalized spacial score (nSPS) is 17.7. The van der Waals surface area contributed by atoms with Crippen LogP contribution in [-0.4, -0.2) is 51.6 Å². The van der Waals surface area contributed by atoms with Gasteiger partial charge >= 0.3 is 5.97 Å². The Morgan fingerprint density at radius 2 is 1.92 bits per heavy atom. The number of benzene rings is 1. The van der Waals surface area contributed by atoms with E-state index in [9.17, 15) is 19.5 Å². The number of rotatable bonds is 7. The van der Waals surface area contributed by atoms with E-state index in [1.807, 2.05) is 30.5 Å². The first-order chi connectivity index (χ1) is 12.3. The minimum atomic E-state index is -1.03. The predicted octanol–water partition coefficient (Wildman–Crippen LogP) is 3.09. The van der Waals surface area contributed by atoms with Gasteiger partial charge in [0.15, 0.2) is 5.12 Å². The molecule has 1 aliphatic heterocycles. The number of thioether (sulfide) groups is 2. The maximum absolute atomic E-state index is 12.7. The zero-order valence-electron chi connectivity index (χ0n) is 15.1. The first kappa shape index (κ1) is 20.6. The van der Waals surface area contributed by atoms with Crippen LogP contribution in [0, 0.1) is 5.92 Å². The average molecular weight is 394 g/mol. The van der Waals surface area contributed by atoms with Crippen LogP contribution in [0.15, 0.2) is 40.8 Å². The highest BCUT2D eigenvalue weighted by Crippen LogP contribution is 2.24. The van der Waals surface area contributed by atoms with Crippen LogP contribution in [-0.2, 0) is 20.8 Å². The molecular formula is C19H23NO4S2. The summed E-state index contributed by atoms with van der Waals surface area (Å²) in [5.41, 5.74) is 2.02. The van der Waals surface area contributed by atoms with Crippen molar-refractivity contribution in [3.8, 4) is 0 Å². The highest BCUT2D eigenvalue weighted by molar-refractivity contribution is 8.13. The lowest BCUT2D eigenvalue weighted by molar-refractivity contribution is -0.148. The van der Waals surface area contributed by atoms with Gasteiger partial charge in [0, 0.05) is 30.0 Å². The third kappa shape index (κ3) is 5.38. The largest absolute Gasteiger partial charge is 0.479 e. The zero-order chi connectivity index (χ0) is 19.3. The van der Waals surface area contributed by atoms with Crippen molar-refractivity contribution in [1.82, 2.24) is 4.90 Å². The summed E-state index contributed by atoms with van der Waals surface area (Å²) in [7, 11) is 0. The molecule has 2 atom stereocenters. The lowest BCUT2D eigenvalue weighted by Gasteiger charge is -2.25. The molecule has 140 valence electrons. The van der Waals surface area contributed by atoms with E-state index in [2.05, 4.69) is 0 Å². The SMILES string of the molecule is CSc1ccc(CC2=CC(C(=O)O)N(C(=O)[C@H](C)CSC(C)=O)C2)cc1. The van der Waals surface area contributed by atoms with Crippen LogP contribution < -0.4 is 0 Å². The summed E-state index contributed by atoms with van der Waals surface area (Å²) in [4.78, 5) is 37.9. The number of carbonyl (C=O) groups excluding carboxylic acids is 2. The second-order valence-corrected chi connectivity index (χ2v) is 8.38. The highest BCUT2D eigenvalue weighted by Gasteiger charge is 2.35. The number of carboxylic acids is 1. The molecule has 1 amide bonds. The molecule has 0 bridgehead atoms. The van der Waals surface area contributed by atoms with Crippen LogP contribution in [0.4, 0.5) is 0 Å². The monoisotopic (exact) mass is 393 g/mol. The van der Waals surface area contributed by atoms with E-state index in [-0.39, 0.29) is 11.0 Å². The zero-order valence-corrected chi connectivity index (χ0v) is 16.7. The summed E-state index contributed by atoms with van der Waals surface area (Å²) in [6, 6.07) is 7.19. The molecule has 1 aromatic rings. The Kier molecular flexibility index (Phi) is 7.34. The van der Waals surface area contributed by atoms with Crippen molar-refractivity contribution in [3.05, 3.63) is 41.5 Å². The van der Waals surface area contributed by atoms with Crippen molar-refractivity contribution in [2.24, 2.45) is 5.92 Å². The number of hydrogen-bond acceptors (Lipinski definition) is 5. The number of amides is 1. The minimum absolute atomic E-state index is 0.0478. The van der Waals surface area contributed by atoms with Crippen LogP contribution in [0.1, 0.15) is 19.4 Å². The van der Waals surface area contributed by atoms with E-state index in [4.69, 9.17) is 0 Å². The molecule has 1 heterocycles. The van der Waals surface area contributed by atoms with Gasteiger partial charge in [-0.25, -0.2) is 4.79 Å². The Balaban J connectivity index is 2.06. The number of carboxylic acid groups (broad SMARTS) is 1. The maximum Gasteiger partial charge on any atom is 0.330 e. The molecule has 26 heavy (non-hydrogen) atoms. The first-order valence-electron chi connectivity index (χ1n) is 8.31. The van der Waals surface area contributed by atoms with Crippen LogP contribution in [0.3, 0.4) is 0 Å². The molecule has 2 rings (SSSR count). The number of carbonyl (C=O) groups is 3. The van der Waals surface area contributed by atoms with Gasteiger partial charge in [-0.3, -0.25) is 9.59 Å². The van der Waals surface area contributed by atoms with E-state index in [1.54, 1.807) is 24.8 Å². The van der Waals surface area contributed by atoms with Crippen molar-refractivity contribution in [2.45, 2.75) is 31.2 Å². The fourth-order valence-corrected chi connectivity index (χ4v) is 3.86. The summed E-state index contributed by atoms with van der Waals surface area (Å²) in [5.74, 6) is -1.30. The van der Waals surface area contributed by atoms with Crippen molar-refractivity contribution in [1.29, 1.82) is 0 Å². The smallest absolute Gasteiger partial charge is 0.330 e. The number of hydrogen-bond donors (Lipinski definition) is 1. The fraction of sp³-hybridized carbons (Fsp3) is 0.421. The quantitative estimate of drug-likeness (QED) is 0.567. The molecule has 7 heteroatoms. The molecule has 0 aliphatic carbocycles. The van der Waals surface area contributed by atoms with Gasteiger partial charge in [-0.15, -0.1) is 11.8 Å². The molecule has 0 fully saturated rings. The van der Waals surface area contributed by atoms with Crippen LogP contribution in [0.25, 0.3) is 0 Å². The molecule has 0 saturated heterocycles. The molecule has 5 nitrogen and oxygen atoms in total. The Morgan fingerprint density at radius 1 is 1.27 bits per heavy atom. The fourth-order valence-electron chi connectivity index (χ4n) is 2.82. The molecule has 1 aliphatic rings. The summed E-state index contributed by atoms with van der Waals surface area (Å²) >= 11 is 2.76. The topological polar surface area (TPSA) is 74.7 Å². The molecular weight excluding hydrogens is 370 g/mol. The average Bonchev–Trinajstić information content (AvgIpc) is 3.03. The Labute approximate surface area is 162 Å². The lowest BCUT2D eigenvalue weighted by atomic mass is 10.1. The van der Waals surface area contributed by atoms with Crippen LogP contribution in [0.5, 0.6) is 0 Å². The van der Waals surface area contributed by atoms with Gasteiger partial charge in [0.1, 0.15) is 6.04 Å². The van der Waals surface area contributed by atoms with Crippen molar-refractivity contribution < 1.29 is 19.5 Å². The Morgan fingerprint density at radius 3 is 2.46 bits per heavy atom. The van der Waals surface area contributed by atoms with Gasteiger partial charge in [0.05, 0.1) is 0 Å². The van der Waals surface area contributed by atoms with Crippen molar-refractivity contribution in [3.63, 3.8) is 0 Å². The van der Waals surface area contributed by atoms with E-state index >= 15 is 0 Å². The van der Waals surface area contributed by atoms with E-state index in [0.717, 1.165) is 22.9 Å². The minimum Gasteiger partial charge on any atom is -0.479 e. The Bertz CT molecular complexity index is 715. The van der Waals surface area contributed by atoms with Gasteiger partial charge in [0.25, 0.3) is 0 Å². The van der Waals surface area contributed by atoms with Crippen LogP contribution in [0.2, 0.25) is 0 Å². The molecule has 0 spiro atoms. The number of aliphatic carboxylic acids is 1. The van der Waals surface area contributed by atoms with Crippen LogP contribution >= 0.6 is 23.5 Å². The van der Waals surface area contributed by atoms with E-state index in [1.165, 1.54) is 16.7 Å². The summed E-state index contributed by atoms with van der Waals surface area (Å²) in [5, 5.41) is 9.44. The predicted molar refractivity (Wildman–Crippen MR) is 105 cm³/mol. The molecule has 1 unspecified atom stereocenters. The second kappa shape index (κ2) is 9.28. The number of nitrogens with zero attached hydrogens (tertiary/aromatic N) is 1. The summed E-state index contributed by atoms with van der Waals surface area (Å²) in [6.07, 6.45) is 4.31. The van der Waals surface area contributed by atoms with Gasteiger partial charge in [-0.2, -0.15) is 0 Å². The molecule has 0 radical (unpaired) electrons. The standard InChI is InChI=1S/C19H23NO4S2/c1-12(11-26-13(2)21)18(22)20-10-15(9-17(20)19(23)24)8-14-4-6-16(25-3)7-5-14/h4-7,9,12,17H,8,10-11H2,1-3H3,(H,23,24)/t12-,17?/m1/s1. The molecule has 0 aromatic heterocycles. The summed E-state index contributed by atoms with van der Waals surface area (Å²) < 4.78 is 0. The third-order valence-corrected chi connectivity index (χ3v) is 6.00. The third-order valence-electron chi connectivity index (χ3n) is 4.19. The molecule has 1 aromatic carbocycles. The molecule has 0 saturated carbocycles. The molecule has 1 N–H and O–H groups in total. The van der Waals surface area contributed by atoms with E-state index in [0.29, 0.717) is 18.7 Å². The maximum atomic E-state index is 12.7. The Hall–Kier alpha value is -1.73. The van der Waals surface area contributed by atoms with E-state index < -0.39 is 17.9 Å². The van der Waals surface area contributed by atoms with Crippen molar-refractivity contribution in [2.75, 3.05) is 18.6 Å². The first-order valence-corrected chi connectivity index (χ1v) is 10.5. The van der Waals surface area contributed by atoms with Gasteiger partial charge in [-0.1, -0.05) is 30.8 Å². The van der Waals surface area contributed by atoms with Gasteiger partial charge in [0.2, 0.25) is 5.91 Å². The van der Waals surface area contributed by atoms with Crippen molar-refractivity contribution >= 4 is 40.5 Å². The second-order valence-electron chi connectivity index (χ2n) is 6.30. The highest BCUT2D eigenvalue weighted by atomic mass is 32.2. The van der Waals surface area contributed by atoms with Gasteiger partial charge < -0.3 is 10.0 Å². The van der Waals surface area contributed by atoms with Gasteiger partial charge in [-0.05, 0) is 42.0 Å². The summed E-state index contributed by atoms with van der Waals surface area (Å²) in [6.45, 7) is 3.51. The lowest BCUT2D eigenvalue weighted by Crippen LogP contribution is -2.44.